The van der Waals surface area contributed by atoms with Crippen LogP contribution in [0.15, 0.2) is 11.1 Å². The van der Waals surface area contributed by atoms with Crippen LogP contribution in [0.1, 0.15) is 0 Å². The van der Waals surface area contributed by atoms with E-state index in [0.717, 1.165) is 10.8 Å². The predicted octanol–water partition coefficient (Wildman–Crippen LogP) is -0.132. The molecule has 1 heterocycles. The molecule has 0 aromatic heterocycles. The maximum absolute atomic E-state index is 10.8. The van der Waals surface area contributed by atoms with Gasteiger partial charge in [0.25, 0.3) is 5.91 Å². The Morgan fingerprint density at radius 1 is 2.00 bits per heavy atom. The fraction of sp³-hybridized carbons (Fsp3) is 0.400. The summed E-state index contributed by atoms with van der Waals surface area (Å²) in [6.45, 7) is 0. The van der Waals surface area contributed by atoms with Gasteiger partial charge in [-0.15, -0.1) is 0 Å². The Bertz CT molecular complexity index is 155. The topological polar surface area (TPSA) is 41.1 Å². The van der Waals surface area contributed by atoms with Crippen molar-refractivity contribution < 1.29 is 4.79 Å². The van der Waals surface area contributed by atoms with E-state index < -0.39 is 0 Å². The van der Waals surface area contributed by atoms with E-state index in [9.17, 15) is 4.79 Å². The van der Waals surface area contributed by atoms with E-state index in [-0.39, 0.29) is 5.91 Å². The molecular formula is C5H8N2OS. The standard InChI is InChI=1S/C5H8N2OS/c1-6-5(8)4-2-7-3-9-4/h2,7H,3H2,1H3,(H,6,8). The van der Waals surface area contributed by atoms with Crippen LogP contribution in [0.25, 0.3) is 0 Å². The quantitative estimate of drug-likeness (QED) is 0.538. The second-order valence-electron chi connectivity index (χ2n) is 1.58. The van der Waals surface area contributed by atoms with Gasteiger partial charge in [-0.25, -0.2) is 0 Å². The number of hydrogen-bond acceptors (Lipinski definition) is 3. The molecule has 0 aromatic rings. The van der Waals surface area contributed by atoms with E-state index in [0.29, 0.717) is 0 Å². The van der Waals surface area contributed by atoms with E-state index in [1.165, 1.54) is 11.8 Å². The molecule has 0 aromatic carbocycles. The second kappa shape index (κ2) is 2.77. The fourth-order valence-corrected chi connectivity index (χ4v) is 1.27. The normalized spacial score (nSPS) is 16.3. The summed E-state index contributed by atoms with van der Waals surface area (Å²) < 4.78 is 0. The smallest absolute Gasteiger partial charge is 0.258 e. The first-order chi connectivity index (χ1) is 4.34. The summed E-state index contributed by atoms with van der Waals surface area (Å²) in [7, 11) is 1.63. The third kappa shape index (κ3) is 1.38. The van der Waals surface area contributed by atoms with Gasteiger partial charge in [0.1, 0.15) is 0 Å². The monoisotopic (exact) mass is 144 g/mol. The zero-order valence-electron chi connectivity index (χ0n) is 5.10. The van der Waals surface area contributed by atoms with Crippen LogP contribution in [0.2, 0.25) is 0 Å². The first kappa shape index (κ1) is 6.48. The lowest BCUT2D eigenvalue weighted by Crippen LogP contribution is -2.17. The van der Waals surface area contributed by atoms with Crippen molar-refractivity contribution in [2.75, 3.05) is 12.9 Å². The summed E-state index contributed by atoms with van der Waals surface area (Å²) in [4.78, 5) is 11.5. The van der Waals surface area contributed by atoms with Crippen molar-refractivity contribution in [3.05, 3.63) is 11.1 Å². The van der Waals surface area contributed by atoms with E-state index in [4.69, 9.17) is 0 Å². The molecule has 2 N–H and O–H groups in total. The Hall–Kier alpha value is -0.640. The van der Waals surface area contributed by atoms with Gasteiger partial charge >= 0.3 is 0 Å². The van der Waals surface area contributed by atoms with Crippen molar-refractivity contribution in [2.24, 2.45) is 0 Å². The summed E-state index contributed by atoms with van der Waals surface area (Å²) in [5.41, 5.74) is 0. The molecule has 3 nitrogen and oxygen atoms in total. The molecular weight excluding hydrogens is 136 g/mol. The van der Waals surface area contributed by atoms with Crippen LogP contribution in [-0.4, -0.2) is 18.8 Å². The van der Waals surface area contributed by atoms with Crippen molar-refractivity contribution in [1.82, 2.24) is 10.6 Å². The van der Waals surface area contributed by atoms with Gasteiger partial charge in [-0.3, -0.25) is 4.79 Å². The molecule has 0 saturated heterocycles. The number of nitrogens with one attached hydrogen (secondary N) is 2. The third-order valence-corrected chi connectivity index (χ3v) is 1.92. The fourth-order valence-electron chi connectivity index (χ4n) is 0.550. The molecule has 1 aliphatic rings. The lowest BCUT2D eigenvalue weighted by molar-refractivity contribution is -0.116. The average Bonchev–Trinajstić information content (AvgIpc) is 2.37. The average molecular weight is 144 g/mol. The molecule has 0 atom stereocenters. The number of likely N-dealkylation sites (N-methyl/N-ethyl adjacent to an activating group) is 1. The van der Waals surface area contributed by atoms with Gasteiger partial charge in [0.15, 0.2) is 0 Å². The largest absolute Gasteiger partial charge is 0.380 e. The molecule has 1 amide bonds. The van der Waals surface area contributed by atoms with Crippen LogP contribution in [0.5, 0.6) is 0 Å². The van der Waals surface area contributed by atoms with Crippen LogP contribution >= 0.6 is 11.8 Å². The number of rotatable bonds is 1. The molecule has 50 valence electrons. The summed E-state index contributed by atoms with van der Waals surface area (Å²) in [5, 5.41) is 5.47. The molecule has 4 heteroatoms. The van der Waals surface area contributed by atoms with Gasteiger partial charge in [0, 0.05) is 13.2 Å². The molecule has 1 rings (SSSR count). The maximum atomic E-state index is 10.8. The number of hydrogen-bond donors (Lipinski definition) is 2. The van der Waals surface area contributed by atoms with Crippen LogP contribution < -0.4 is 10.6 Å². The Labute approximate surface area is 57.9 Å². The zero-order valence-corrected chi connectivity index (χ0v) is 5.92. The van der Waals surface area contributed by atoms with Crippen molar-refractivity contribution in [3.63, 3.8) is 0 Å². The van der Waals surface area contributed by atoms with Crippen LogP contribution in [0, 0.1) is 0 Å². The lowest BCUT2D eigenvalue weighted by atomic mass is 10.5. The highest BCUT2D eigenvalue weighted by Crippen LogP contribution is 2.17. The highest BCUT2D eigenvalue weighted by molar-refractivity contribution is 8.04. The van der Waals surface area contributed by atoms with E-state index in [1.807, 2.05) is 0 Å². The van der Waals surface area contributed by atoms with Gasteiger partial charge in [-0.1, -0.05) is 11.8 Å². The van der Waals surface area contributed by atoms with Crippen molar-refractivity contribution in [2.45, 2.75) is 0 Å². The number of amides is 1. The Balaban J connectivity index is 2.51. The molecule has 9 heavy (non-hydrogen) atoms. The lowest BCUT2D eigenvalue weighted by Gasteiger charge is -1.94. The number of carbonyl (C=O) groups excluding carboxylic acids is 1. The minimum absolute atomic E-state index is 0.00926. The minimum Gasteiger partial charge on any atom is -0.380 e. The molecule has 0 radical (unpaired) electrons. The van der Waals surface area contributed by atoms with E-state index in [2.05, 4.69) is 10.6 Å². The molecule has 0 unspecified atom stereocenters. The van der Waals surface area contributed by atoms with Gasteiger partial charge in [-0.05, 0) is 0 Å². The number of thioether (sulfide) groups is 1. The minimum atomic E-state index is -0.00926. The molecule has 0 fully saturated rings. The second-order valence-corrected chi connectivity index (χ2v) is 2.60. The SMILES string of the molecule is CNC(=O)C1=CNCS1. The summed E-state index contributed by atoms with van der Waals surface area (Å²) in [6.07, 6.45) is 1.73. The van der Waals surface area contributed by atoms with Crippen molar-refractivity contribution in [1.29, 1.82) is 0 Å². The maximum Gasteiger partial charge on any atom is 0.258 e. The summed E-state index contributed by atoms with van der Waals surface area (Å²) in [6, 6.07) is 0. The van der Waals surface area contributed by atoms with Crippen LogP contribution in [0.3, 0.4) is 0 Å². The Morgan fingerprint density at radius 2 is 2.78 bits per heavy atom. The number of carbonyl (C=O) groups is 1. The van der Waals surface area contributed by atoms with Gasteiger partial charge in [-0.2, -0.15) is 0 Å². The molecule has 0 saturated carbocycles. The first-order valence-electron chi connectivity index (χ1n) is 2.63. The van der Waals surface area contributed by atoms with Crippen molar-refractivity contribution in [3.8, 4) is 0 Å². The molecule has 0 aliphatic carbocycles. The van der Waals surface area contributed by atoms with Gasteiger partial charge in [0.2, 0.25) is 0 Å². The highest BCUT2D eigenvalue weighted by atomic mass is 32.2. The molecule has 0 bridgehead atoms. The van der Waals surface area contributed by atoms with Gasteiger partial charge in [0.05, 0.1) is 10.8 Å². The highest BCUT2D eigenvalue weighted by Gasteiger charge is 2.10. The van der Waals surface area contributed by atoms with Crippen molar-refractivity contribution >= 4 is 17.7 Å². The third-order valence-electron chi connectivity index (χ3n) is 0.995. The summed E-state index contributed by atoms with van der Waals surface area (Å²) >= 11 is 1.51. The first-order valence-corrected chi connectivity index (χ1v) is 3.61. The predicted molar refractivity (Wildman–Crippen MR) is 37.7 cm³/mol. The van der Waals surface area contributed by atoms with Gasteiger partial charge < -0.3 is 10.6 Å². The van der Waals surface area contributed by atoms with Crippen LogP contribution in [-0.2, 0) is 4.79 Å². The Morgan fingerprint density at radius 3 is 3.22 bits per heavy atom. The van der Waals surface area contributed by atoms with E-state index in [1.54, 1.807) is 13.2 Å². The molecule has 1 aliphatic heterocycles. The Kier molecular flexibility index (Phi) is 2.00. The summed E-state index contributed by atoms with van der Waals surface area (Å²) in [5.74, 6) is 0.799. The zero-order chi connectivity index (χ0) is 6.69. The van der Waals surface area contributed by atoms with Crippen LogP contribution in [0.4, 0.5) is 0 Å². The van der Waals surface area contributed by atoms with E-state index >= 15 is 0 Å². The molecule has 0 spiro atoms.